The topological polar surface area (TPSA) is 36.1 Å². The van der Waals surface area contributed by atoms with E-state index in [-0.39, 0.29) is 5.91 Å². The van der Waals surface area contributed by atoms with Gasteiger partial charge in [0.25, 0.3) is 5.91 Å². The summed E-state index contributed by atoms with van der Waals surface area (Å²) in [4.78, 5) is 16.1. The Kier molecular flexibility index (Phi) is 1.24. The molecule has 1 amide bonds. The second kappa shape index (κ2) is 2.12. The molecule has 0 fully saturated rings. The van der Waals surface area contributed by atoms with Gasteiger partial charge in [-0.25, -0.2) is 0 Å². The van der Waals surface area contributed by atoms with Gasteiger partial charge in [-0.15, -0.1) is 0 Å². The van der Waals surface area contributed by atoms with Crippen molar-refractivity contribution in [3.05, 3.63) is 23.5 Å². The van der Waals surface area contributed by atoms with Crippen LogP contribution in [0.1, 0.15) is 16.1 Å². The molecular formula is C8H10N2O. The quantitative estimate of drug-likeness (QED) is 0.579. The van der Waals surface area contributed by atoms with Crippen molar-refractivity contribution in [2.24, 2.45) is 0 Å². The number of carbonyl (C=O) groups excluding carboxylic acids is 1. The Morgan fingerprint density at radius 3 is 3.27 bits per heavy atom. The molecule has 1 N–H and O–H groups in total. The fraction of sp³-hybridized carbons (Fsp3) is 0.375. The standard InChI is InChI=1S/C8H10N2O/c1-10-5-3-6-2-4-9-7(6)8(10)11/h2,4,9H,3,5H2,1H3. The van der Waals surface area contributed by atoms with Crippen molar-refractivity contribution in [2.45, 2.75) is 6.42 Å². The van der Waals surface area contributed by atoms with Crippen LogP contribution in [0, 0.1) is 0 Å². The van der Waals surface area contributed by atoms with E-state index in [9.17, 15) is 4.79 Å². The number of aromatic nitrogens is 1. The molecule has 0 unspecified atom stereocenters. The number of nitrogens with zero attached hydrogens (tertiary/aromatic N) is 1. The van der Waals surface area contributed by atoms with Gasteiger partial charge in [-0.1, -0.05) is 0 Å². The first-order valence-corrected chi connectivity index (χ1v) is 3.71. The van der Waals surface area contributed by atoms with Crippen molar-refractivity contribution < 1.29 is 4.79 Å². The van der Waals surface area contributed by atoms with Crippen LogP contribution in [0.15, 0.2) is 12.3 Å². The molecule has 0 spiro atoms. The fourth-order valence-corrected chi connectivity index (χ4v) is 1.39. The molecule has 1 aliphatic rings. The zero-order chi connectivity index (χ0) is 7.84. The van der Waals surface area contributed by atoms with Gasteiger partial charge in [-0.05, 0) is 18.1 Å². The number of amides is 1. The molecule has 0 aromatic carbocycles. The molecule has 1 aliphatic heterocycles. The largest absolute Gasteiger partial charge is 0.357 e. The molecule has 3 nitrogen and oxygen atoms in total. The third kappa shape index (κ3) is 0.843. The van der Waals surface area contributed by atoms with Gasteiger partial charge in [0.15, 0.2) is 0 Å². The highest BCUT2D eigenvalue weighted by Gasteiger charge is 2.21. The van der Waals surface area contributed by atoms with Gasteiger partial charge in [-0.2, -0.15) is 0 Å². The Labute approximate surface area is 65.0 Å². The maximum absolute atomic E-state index is 11.4. The SMILES string of the molecule is CN1CCc2cc[nH]c2C1=O. The highest BCUT2D eigenvalue weighted by Crippen LogP contribution is 2.15. The maximum atomic E-state index is 11.4. The molecule has 0 saturated heterocycles. The molecule has 0 aliphatic carbocycles. The number of nitrogens with one attached hydrogen (secondary N) is 1. The van der Waals surface area contributed by atoms with Crippen molar-refractivity contribution in [1.29, 1.82) is 0 Å². The van der Waals surface area contributed by atoms with Gasteiger partial charge >= 0.3 is 0 Å². The Bertz CT molecular complexity index is 290. The van der Waals surface area contributed by atoms with E-state index in [2.05, 4.69) is 4.98 Å². The molecule has 1 aromatic heterocycles. The van der Waals surface area contributed by atoms with E-state index in [1.54, 1.807) is 4.90 Å². The number of rotatable bonds is 0. The van der Waals surface area contributed by atoms with Crippen molar-refractivity contribution in [3.63, 3.8) is 0 Å². The van der Waals surface area contributed by atoms with Gasteiger partial charge in [0, 0.05) is 19.8 Å². The number of likely N-dealkylation sites (N-methyl/N-ethyl adjacent to an activating group) is 1. The average molecular weight is 150 g/mol. The van der Waals surface area contributed by atoms with E-state index < -0.39 is 0 Å². The van der Waals surface area contributed by atoms with Crippen LogP contribution in [0.3, 0.4) is 0 Å². The summed E-state index contributed by atoms with van der Waals surface area (Å²) < 4.78 is 0. The smallest absolute Gasteiger partial charge is 0.270 e. The summed E-state index contributed by atoms with van der Waals surface area (Å²) in [6.07, 6.45) is 2.79. The van der Waals surface area contributed by atoms with Gasteiger partial charge in [0.1, 0.15) is 5.69 Å². The molecule has 1 aromatic rings. The zero-order valence-corrected chi connectivity index (χ0v) is 6.42. The van der Waals surface area contributed by atoms with Crippen LogP contribution in [0.5, 0.6) is 0 Å². The van der Waals surface area contributed by atoms with Crippen LogP contribution in [-0.2, 0) is 6.42 Å². The number of hydrogen-bond donors (Lipinski definition) is 1. The lowest BCUT2D eigenvalue weighted by Gasteiger charge is -2.21. The van der Waals surface area contributed by atoms with Gasteiger partial charge in [0.05, 0.1) is 0 Å². The van der Waals surface area contributed by atoms with E-state index >= 15 is 0 Å². The summed E-state index contributed by atoms with van der Waals surface area (Å²) >= 11 is 0. The third-order valence-electron chi connectivity index (χ3n) is 2.11. The van der Waals surface area contributed by atoms with Gasteiger partial charge in [-0.3, -0.25) is 4.79 Å². The Balaban J connectivity index is 2.46. The van der Waals surface area contributed by atoms with Crippen molar-refractivity contribution in [3.8, 4) is 0 Å². The number of aromatic amines is 1. The molecule has 2 rings (SSSR count). The minimum atomic E-state index is 0.108. The van der Waals surface area contributed by atoms with E-state index in [1.165, 1.54) is 0 Å². The minimum Gasteiger partial charge on any atom is -0.357 e. The van der Waals surface area contributed by atoms with Crippen molar-refractivity contribution in [1.82, 2.24) is 9.88 Å². The predicted octanol–water partition coefficient (Wildman–Crippen LogP) is 0.643. The molecule has 0 saturated carbocycles. The summed E-state index contributed by atoms with van der Waals surface area (Å²) in [6, 6.07) is 1.97. The Morgan fingerprint density at radius 2 is 2.45 bits per heavy atom. The summed E-state index contributed by atoms with van der Waals surface area (Å²) in [5.74, 6) is 0.108. The Hall–Kier alpha value is -1.25. The van der Waals surface area contributed by atoms with E-state index in [4.69, 9.17) is 0 Å². The Morgan fingerprint density at radius 1 is 1.64 bits per heavy atom. The van der Waals surface area contributed by atoms with Crippen LogP contribution >= 0.6 is 0 Å². The first-order chi connectivity index (χ1) is 5.29. The normalized spacial score (nSPS) is 16.8. The first kappa shape index (κ1) is 6.46. The lowest BCUT2D eigenvalue weighted by Crippen LogP contribution is -2.33. The lowest BCUT2D eigenvalue weighted by molar-refractivity contribution is 0.0775. The van der Waals surface area contributed by atoms with Crippen LogP contribution in [0.25, 0.3) is 0 Å². The highest BCUT2D eigenvalue weighted by molar-refractivity contribution is 5.94. The number of carbonyl (C=O) groups is 1. The van der Waals surface area contributed by atoms with Crippen LogP contribution < -0.4 is 0 Å². The molecule has 58 valence electrons. The average Bonchev–Trinajstić information content (AvgIpc) is 2.45. The van der Waals surface area contributed by atoms with Crippen LogP contribution in [0.2, 0.25) is 0 Å². The molecule has 11 heavy (non-hydrogen) atoms. The monoisotopic (exact) mass is 150 g/mol. The predicted molar refractivity (Wildman–Crippen MR) is 41.5 cm³/mol. The molecule has 2 heterocycles. The van der Waals surface area contributed by atoms with Gasteiger partial charge < -0.3 is 9.88 Å². The molecule has 3 heteroatoms. The minimum absolute atomic E-state index is 0.108. The van der Waals surface area contributed by atoms with Crippen molar-refractivity contribution in [2.75, 3.05) is 13.6 Å². The summed E-state index contributed by atoms with van der Waals surface area (Å²) in [5, 5.41) is 0. The lowest BCUT2D eigenvalue weighted by atomic mass is 10.1. The third-order valence-corrected chi connectivity index (χ3v) is 2.11. The molecule has 0 atom stereocenters. The zero-order valence-electron chi connectivity index (χ0n) is 6.42. The maximum Gasteiger partial charge on any atom is 0.270 e. The molecular weight excluding hydrogens is 140 g/mol. The van der Waals surface area contributed by atoms with Crippen LogP contribution in [-0.4, -0.2) is 29.4 Å². The molecule has 0 bridgehead atoms. The first-order valence-electron chi connectivity index (χ1n) is 3.71. The summed E-state index contributed by atoms with van der Waals surface area (Å²) in [7, 11) is 1.83. The number of hydrogen-bond acceptors (Lipinski definition) is 1. The van der Waals surface area contributed by atoms with Gasteiger partial charge in [0.2, 0.25) is 0 Å². The fourth-order valence-electron chi connectivity index (χ4n) is 1.39. The van der Waals surface area contributed by atoms with Crippen molar-refractivity contribution >= 4 is 5.91 Å². The number of fused-ring (bicyclic) bond motifs is 1. The van der Waals surface area contributed by atoms with E-state index in [0.717, 1.165) is 24.2 Å². The summed E-state index contributed by atoms with van der Waals surface area (Å²) in [5.41, 5.74) is 1.91. The van der Waals surface area contributed by atoms with E-state index in [1.807, 2.05) is 19.3 Å². The number of H-pyrrole nitrogens is 1. The second-order valence-electron chi connectivity index (χ2n) is 2.85. The second-order valence-corrected chi connectivity index (χ2v) is 2.85. The van der Waals surface area contributed by atoms with E-state index in [0.29, 0.717) is 0 Å². The molecule has 0 radical (unpaired) electrons. The van der Waals surface area contributed by atoms with Crippen LogP contribution in [0.4, 0.5) is 0 Å². The summed E-state index contributed by atoms with van der Waals surface area (Å²) in [6.45, 7) is 0.837. The highest BCUT2D eigenvalue weighted by atomic mass is 16.2.